The first-order chi connectivity index (χ1) is 17.9. The maximum atomic E-state index is 13.5. The summed E-state index contributed by atoms with van der Waals surface area (Å²) in [4.78, 5) is 19.1. The minimum atomic E-state index is 0.309. The van der Waals surface area contributed by atoms with Crippen LogP contribution < -0.4 is 0 Å². The van der Waals surface area contributed by atoms with E-state index in [0.29, 0.717) is 17.7 Å². The zero-order valence-corrected chi connectivity index (χ0v) is 23.5. The second-order valence-electron chi connectivity index (χ2n) is 13.1. The molecule has 0 unspecified atom stereocenters. The van der Waals surface area contributed by atoms with Gasteiger partial charge in [-0.2, -0.15) is 0 Å². The molecule has 0 saturated heterocycles. The number of para-hydroxylation sites is 1. The fourth-order valence-electron chi connectivity index (χ4n) is 8.25. The summed E-state index contributed by atoms with van der Waals surface area (Å²) in [6, 6.07) is 8.42. The lowest BCUT2D eigenvalue weighted by Gasteiger charge is -2.57. The van der Waals surface area contributed by atoms with Crippen LogP contribution in [0.2, 0.25) is 0 Å². The van der Waals surface area contributed by atoms with Gasteiger partial charge in [0.15, 0.2) is 0 Å². The van der Waals surface area contributed by atoms with Crippen LogP contribution in [0.4, 0.5) is 0 Å². The van der Waals surface area contributed by atoms with E-state index in [0.717, 1.165) is 62.0 Å². The summed E-state index contributed by atoms with van der Waals surface area (Å²) in [5.41, 5.74) is 5.79. The Morgan fingerprint density at radius 2 is 1.70 bits per heavy atom. The molecule has 1 aromatic carbocycles. The van der Waals surface area contributed by atoms with Crippen molar-refractivity contribution in [2.75, 3.05) is 13.1 Å². The number of fused-ring (bicyclic) bond motifs is 1. The van der Waals surface area contributed by atoms with Gasteiger partial charge in [0.2, 0.25) is 5.91 Å². The van der Waals surface area contributed by atoms with Gasteiger partial charge in [0.1, 0.15) is 0 Å². The third kappa shape index (κ3) is 6.59. The zero-order chi connectivity index (χ0) is 25.8. The minimum Gasteiger partial charge on any atom is -0.361 e. The Hall–Kier alpha value is -2.29. The van der Waals surface area contributed by atoms with Crippen molar-refractivity contribution in [2.24, 2.45) is 23.2 Å². The molecule has 4 fully saturated rings. The largest absolute Gasteiger partial charge is 0.361 e. The predicted octanol–water partition coefficient (Wildman–Crippen LogP) is 8.62. The minimum absolute atomic E-state index is 0.309. The smallest absolute Gasteiger partial charge is 0.223 e. The number of rotatable bonds is 12. The highest BCUT2D eigenvalue weighted by Gasteiger charge is 2.50. The van der Waals surface area contributed by atoms with Crippen molar-refractivity contribution in [1.29, 1.82) is 0 Å². The molecule has 0 spiro atoms. The highest BCUT2D eigenvalue weighted by Crippen LogP contribution is 2.61. The summed E-state index contributed by atoms with van der Waals surface area (Å²) in [5, 5.41) is 1.25. The van der Waals surface area contributed by atoms with Gasteiger partial charge >= 0.3 is 0 Å². The lowest BCUT2D eigenvalue weighted by Crippen LogP contribution is -2.46. The molecule has 3 nitrogen and oxygen atoms in total. The Kier molecular flexibility index (Phi) is 8.27. The molecular weight excluding hydrogens is 452 g/mol. The summed E-state index contributed by atoms with van der Waals surface area (Å²) in [7, 11) is 0. The summed E-state index contributed by atoms with van der Waals surface area (Å²) in [5.74, 6) is 3.33. The molecule has 4 saturated carbocycles. The number of amides is 1. The number of hydrogen-bond donors (Lipinski definition) is 1. The van der Waals surface area contributed by atoms with Crippen LogP contribution in [0.5, 0.6) is 0 Å². The normalized spacial score (nSPS) is 26.6. The third-order valence-corrected chi connectivity index (χ3v) is 9.69. The van der Waals surface area contributed by atoms with Crippen molar-refractivity contribution in [2.45, 2.75) is 97.8 Å². The topological polar surface area (TPSA) is 36.1 Å². The van der Waals surface area contributed by atoms with Crippen molar-refractivity contribution in [1.82, 2.24) is 9.88 Å². The molecule has 3 heteroatoms. The van der Waals surface area contributed by atoms with E-state index in [1.165, 1.54) is 67.0 Å². The van der Waals surface area contributed by atoms with E-state index in [-0.39, 0.29) is 0 Å². The first-order valence-electron chi connectivity index (χ1n) is 15.0. The molecular formula is C34H48N2O. The van der Waals surface area contributed by atoms with Crippen LogP contribution in [0, 0.1) is 23.2 Å². The fraction of sp³-hybridized carbons (Fsp3) is 0.618. The molecule has 6 rings (SSSR count). The van der Waals surface area contributed by atoms with Gasteiger partial charge in [-0.3, -0.25) is 4.79 Å². The van der Waals surface area contributed by atoms with Crippen molar-refractivity contribution in [3.8, 4) is 0 Å². The van der Waals surface area contributed by atoms with Crippen LogP contribution in [-0.4, -0.2) is 28.9 Å². The molecule has 4 aliphatic carbocycles. The molecule has 2 aromatic rings. The second-order valence-corrected chi connectivity index (χ2v) is 13.1. The molecule has 0 atom stereocenters. The van der Waals surface area contributed by atoms with Crippen molar-refractivity contribution in [3.05, 3.63) is 59.3 Å². The van der Waals surface area contributed by atoms with E-state index in [2.05, 4.69) is 73.3 Å². The van der Waals surface area contributed by atoms with Crippen molar-refractivity contribution >= 4 is 16.8 Å². The van der Waals surface area contributed by atoms with E-state index < -0.39 is 0 Å². The molecule has 1 aromatic heterocycles. The summed E-state index contributed by atoms with van der Waals surface area (Å²) < 4.78 is 0. The standard InChI is InChI=1S/C34H48N2O/c1-25(2)8-6-9-26(3)14-17-36(33(37)13-12-30-24-35-32-11-5-4-10-31(30)32)16-7-15-34-21-27-18-28(22-34)20-29(19-27)23-34/h4-5,8,10-11,14,24,27-29,35H,6-7,9,12-13,15-23H2,1-3H3/b26-14+. The number of aromatic nitrogens is 1. The molecule has 4 aliphatic rings. The Morgan fingerprint density at radius 3 is 2.41 bits per heavy atom. The Morgan fingerprint density at radius 1 is 1.00 bits per heavy atom. The molecule has 1 heterocycles. The number of nitrogens with zero attached hydrogens (tertiary/aromatic N) is 1. The summed E-state index contributed by atoms with van der Waals surface area (Å²) >= 11 is 0. The second kappa shape index (κ2) is 11.6. The number of nitrogens with one attached hydrogen (secondary N) is 1. The van der Waals surface area contributed by atoms with Crippen molar-refractivity contribution in [3.63, 3.8) is 0 Å². The van der Waals surface area contributed by atoms with Gasteiger partial charge in [0, 0.05) is 36.6 Å². The van der Waals surface area contributed by atoms with Crippen LogP contribution in [0.15, 0.2) is 53.8 Å². The van der Waals surface area contributed by atoms with Crippen molar-refractivity contribution < 1.29 is 4.79 Å². The maximum Gasteiger partial charge on any atom is 0.223 e. The first-order valence-corrected chi connectivity index (χ1v) is 15.0. The number of benzene rings is 1. The third-order valence-electron chi connectivity index (χ3n) is 9.69. The summed E-state index contributed by atoms with van der Waals surface area (Å²) in [6.07, 6.45) is 21.7. The molecule has 4 bridgehead atoms. The lowest BCUT2D eigenvalue weighted by molar-refractivity contribution is -0.131. The maximum absolute atomic E-state index is 13.5. The van der Waals surface area contributed by atoms with Crippen LogP contribution in [0.1, 0.15) is 97.0 Å². The molecule has 0 radical (unpaired) electrons. The fourth-order valence-corrected chi connectivity index (χ4v) is 8.25. The van der Waals surface area contributed by atoms with E-state index >= 15 is 0 Å². The molecule has 0 aliphatic heterocycles. The van der Waals surface area contributed by atoms with Gasteiger partial charge in [-0.1, -0.05) is 41.5 Å². The number of carbonyl (C=O) groups is 1. The van der Waals surface area contributed by atoms with E-state index in [1.54, 1.807) is 0 Å². The van der Waals surface area contributed by atoms with Gasteiger partial charge in [-0.15, -0.1) is 0 Å². The molecule has 1 amide bonds. The molecule has 200 valence electrons. The number of aromatic amines is 1. The Bertz CT molecular complexity index is 1100. The average Bonchev–Trinajstić information content (AvgIpc) is 3.26. The van der Waals surface area contributed by atoms with Crippen LogP contribution in [0.3, 0.4) is 0 Å². The monoisotopic (exact) mass is 500 g/mol. The first kappa shape index (κ1) is 26.3. The molecule has 37 heavy (non-hydrogen) atoms. The van der Waals surface area contributed by atoms with Crippen LogP contribution >= 0.6 is 0 Å². The summed E-state index contributed by atoms with van der Waals surface area (Å²) in [6.45, 7) is 8.22. The average molecular weight is 501 g/mol. The lowest BCUT2D eigenvalue weighted by atomic mass is 9.48. The number of allylic oxidation sites excluding steroid dienone is 3. The highest BCUT2D eigenvalue weighted by atomic mass is 16.2. The number of aryl methyl sites for hydroxylation is 1. The number of H-pyrrole nitrogens is 1. The predicted molar refractivity (Wildman–Crippen MR) is 155 cm³/mol. The Labute approximate surface area is 224 Å². The molecule has 1 N–H and O–H groups in total. The van der Waals surface area contributed by atoms with Crippen LogP contribution in [0.25, 0.3) is 10.9 Å². The Balaban J connectivity index is 1.19. The van der Waals surface area contributed by atoms with Gasteiger partial charge in [0.25, 0.3) is 0 Å². The van der Waals surface area contributed by atoms with Gasteiger partial charge < -0.3 is 9.88 Å². The zero-order valence-electron chi connectivity index (χ0n) is 23.5. The van der Waals surface area contributed by atoms with E-state index in [4.69, 9.17) is 0 Å². The number of hydrogen-bond acceptors (Lipinski definition) is 1. The van der Waals surface area contributed by atoms with E-state index in [9.17, 15) is 4.79 Å². The van der Waals surface area contributed by atoms with Gasteiger partial charge in [-0.05, 0) is 126 Å². The van der Waals surface area contributed by atoms with Gasteiger partial charge in [-0.25, -0.2) is 0 Å². The quantitative estimate of drug-likeness (QED) is 0.291. The van der Waals surface area contributed by atoms with Crippen LogP contribution in [-0.2, 0) is 11.2 Å². The van der Waals surface area contributed by atoms with E-state index in [1.807, 2.05) is 0 Å². The highest BCUT2D eigenvalue weighted by molar-refractivity contribution is 5.84. The SMILES string of the molecule is CC(C)=CCC/C(C)=C/CN(CCCC12CC3CC(CC(C3)C1)C2)C(=O)CCc1c[nH]c2ccccc12. The van der Waals surface area contributed by atoms with Gasteiger partial charge in [0.05, 0.1) is 0 Å². The number of carbonyl (C=O) groups excluding carboxylic acids is 1.